The van der Waals surface area contributed by atoms with Crippen molar-refractivity contribution in [2.24, 2.45) is 0 Å². The number of nitrogens with one attached hydrogen (secondary N) is 1. The van der Waals surface area contributed by atoms with Gasteiger partial charge < -0.3 is 14.8 Å². The number of amides is 1. The number of rotatable bonds is 7. The van der Waals surface area contributed by atoms with Crippen LogP contribution in [0.1, 0.15) is 26.6 Å². The Hall–Kier alpha value is -3.26. The Balaban J connectivity index is 1.52. The lowest BCUT2D eigenvalue weighted by Gasteiger charge is -2.05. The number of hydrogen-bond acceptors (Lipinski definition) is 6. The Morgan fingerprint density at radius 2 is 1.93 bits per heavy atom. The van der Waals surface area contributed by atoms with Crippen molar-refractivity contribution in [1.29, 1.82) is 0 Å². The van der Waals surface area contributed by atoms with Crippen LogP contribution in [-0.2, 0) is 22.6 Å². The molecular weight excluding hydrogens is 395 g/mol. The molecule has 0 unspecified atom stereocenters. The number of halogens is 1. The van der Waals surface area contributed by atoms with Crippen molar-refractivity contribution < 1.29 is 23.5 Å². The van der Waals surface area contributed by atoms with Crippen LogP contribution in [0.25, 0.3) is 0 Å². The summed E-state index contributed by atoms with van der Waals surface area (Å²) in [6, 6.07) is 11.3. The molecule has 0 bridgehead atoms. The predicted octanol–water partition coefficient (Wildman–Crippen LogP) is 4.14. The molecule has 1 aromatic heterocycles. The molecule has 0 saturated carbocycles. The smallest absolute Gasteiger partial charge is 0.338 e. The van der Waals surface area contributed by atoms with Gasteiger partial charge in [0.25, 0.3) is 0 Å². The average molecular weight is 414 g/mol. The van der Waals surface area contributed by atoms with E-state index in [0.717, 1.165) is 17.3 Å². The Bertz CT molecular complexity index is 1020. The molecule has 0 aliphatic heterocycles. The van der Waals surface area contributed by atoms with Crippen LogP contribution in [0.5, 0.6) is 5.75 Å². The zero-order chi connectivity index (χ0) is 20.8. The van der Waals surface area contributed by atoms with E-state index in [1.807, 2.05) is 31.2 Å². The van der Waals surface area contributed by atoms with Gasteiger partial charge in [0, 0.05) is 11.1 Å². The largest absolute Gasteiger partial charge is 0.494 e. The summed E-state index contributed by atoms with van der Waals surface area (Å²) in [4.78, 5) is 28.5. The monoisotopic (exact) mass is 414 g/mol. The Morgan fingerprint density at radius 1 is 1.17 bits per heavy atom. The minimum Gasteiger partial charge on any atom is -0.494 e. The predicted molar refractivity (Wildman–Crippen MR) is 108 cm³/mol. The quantitative estimate of drug-likeness (QED) is 0.588. The second-order valence-corrected chi connectivity index (χ2v) is 7.19. The highest BCUT2D eigenvalue weighted by atomic mass is 32.1. The molecule has 0 aliphatic rings. The molecule has 2 aromatic carbocycles. The first-order valence-corrected chi connectivity index (χ1v) is 9.63. The number of esters is 1. The number of aryl methyl sites for hydroxylation is 1. The van der Waals surface area contributed by atoms with Gasteiger partial charge in [-0.1, -0.05) is 17.7 Å². The zero-order valence-corrected chi connectivity index (χ0v) is 16.7. The van der Waals surface area contributed by atoms with Gasteiger partial charge in [-0.05, 0) is 37.3 Å². The third-order valence-electron chi connectivity index (χ3n) is 3.99. The first kappa shape index (κ1) is 20.5. The number of carbonyl (C=O) groups excluding carboxylic acids is 2. The fourth-order valence-corrected chi connectivity index (χ4v) is 3.27. The molecule has 0 atom stereocenters. The third-order valence-corrected chi connectivity index (χ3v) is 4.88. The minimum absolute atomic E-state index is 0.0506. The van der Waals surface area contributed by atoms with Gasteiger partial charge >= 0.3 is 5.97 Å². The van der Waals surface area contributed by atoms with Crippen LogP contribution in [0.2, 0.25) is 0 Å². The first-order valence-electron chi connectivity index (χ1n) is 8.75. The molecule has 1 amide bonds. The zero-order valence-electron chi connectivity index (χ0n) is 15.9. The van der Waals surface area contributed by atoms with Crippen molar-refractivity contribution in [2.75, 3.05) is 12.4 Å². The summed E-state index contributed by atoms with van der Waals surface area (Å²) in [5, 5.41) is 5.14. The van der Waals surface area contributed by atoms with Crippen molar-refractivity contribution in [1.82, 2.24) is 4.98 Å². The molecule has 1 heterocycles. The molecule has 0 fully saturated rings. The molecule has 0 aliphatic carbocycles. The van der Waals surface area contributed by atoms with Crippen LogP contribution < -0.4 is 10.1 Å². The van der Waals surface area contributed by atoms with Crippen molar-refractivity contribution in [3.63, 3.8) is 0 Å². The number of hydrogen-bond donors (Lipinski definition) is 1. The van der Waals surface area contributed by atoms with E-state index < -0.39 is 11.8 Å². The molecule has 6 nitrogen and oxygen atoms in total. The summed E-state index contributed by atoms with van der Waals surface area (Å²) in [5.41, 5.74) is 2.43. The molecule has 8 heteroatoms. The minimum atomic E-state index is -0.668. The molecule has 150 valence electrons. The number of aromatic nitrogens is 1. The Kier molecular flexibility index (Phi) is 6.56. The number of anilines is 1. The number of benzene rings is 2. The SMILES string of the molecule is COc1ccc(C(=O)OCc2csc(CC(=O)Nc3ccc(C)cc3)n2)cc1F. The summed E-state index contributed by atoms with van der Waals surface area (Å²) in [7, 11) is 1.34. The van der Waals surface area contributed by atoms with E-state index in [-0.39, 0.29) is 30.2 Å². The lowest BCUT2D eigenvalue weighted by atomic mass is 10.2. The average Bonchev–Trinajstić information content (AvgIpc) is 3.15. The van der Waals surface area contributed by atoms with Crippen LogP contribution in [-0.4, -0.2) is 24.0 Å². The van der Waals surface area contributed by atoms with E-state index in [1.165, 1.54) is 30.6 Å². The lowest BCUT2D eigenvalue weighted by Crippen LogP contribution is -2.14. The van der Waals surface area contributed by atoms with E-state index >= 15 is 0 Å². The molecule has 0 radical (unpaired) electrons. The van der Waals surface area contributed by atoms with Crippen molar-refractivity contribution in [2.45, 2.75) is 20.0 Å². The normalized spacial score (nSPS) is 10.4. The standard InChI is InChI=1S/C21H19FN2O4S/c1-13-3-6-15(7-4-13)23-19(25)10-20-24-16(12-29-20)11-28-21(26)14-5-8-18(27-2)17(22)9-14/h3-9,12H,10-11H2,1-2H3,(H,23,25). The highest BCUT2D eigenvalue weighted by molar-refractivity contribution is 7.09. The van der Waals surface area contributed by atoms with E-state index in [9.17, 15) is 14.0 Å². The number of nitrogens with zero attached hydrogens (tertiary/aromatic N) is 1. The number of carbonyl (C=O) groups is 2. The fourth-order valence-electron chi connectivity index (χ4n) is 2.49. The van der Waals surface area contributed by atoms with Gasteiger partial charge in [-0.25, -0.2) is 14.2 Å². The van der Waals surface area contributed by atoms with Gasteiger partial charge in [0.15, 0.2) is 11.6 Å². The van der Waals surface area contributed by atoms with Gasteiger partial charge in [-0.2, -0.15) is 0 Å². The molecule has 0 spiro atoms. The van der Waals surface area contributed by atoms with Crippen LogP contribution in [0.15, 0.2) is 47.8 Å². The maximum Gasteiger partial charge on any atom is 0.338 e. The molecule has 1 N–H and O–H groups in total. The molecule has 29 heavy (non-hydrogen) atoms. The van der Waals surface area contributed by atoms with Crippen LogP contribution in [0, 0.1) is 12.7 Å². The highest BCUT2D eigenvalue weighted by Crippen LogP contribution is 2.19. The van der Waals surface area contributed by atoms with Crippen LogP contribution in [0.4, 0.5) is 10.1 Å². The summed E-state index contributed by atoms with van der Waals surface area (Å²) in [6.07, 6.45) is 0.121. The summed E-state index contributed by atoms with van der Waals surface area (Å²) in [5.74, 6) is -1.44. The van der Waals surface area contributed by atoms with Gasteiger partial charge in [0.1, 0.15) is 11.6 Å². The van der Waals surface area contributed by atoms with Crippen LogP contribution in [0.3, 0.4) is 0 Å². The molecular formula is C21H19FN2O4S. The van der Waals surface area contributed by atoms with Gasteiger partial charge in [0.05, 0.1) is 24.8 Å². The van der Waals surface area contributed by atoms with Gasteiger partial charge in [-0.3, -0.25) is 4.79 Å². The van der Waals surface area contributed by atoms with Crippen molar-refractivity contribution in [3.05, 3.63) is 75.5 Å². The fraction of sp³-hybridized carbons (Fsp3) is 0.190. The summed E-state index contributed by atoms with van der Waals surface area (Å²) >= 11 is 1.31. The van der Waals surface area contributed by atoms with E-state index in [2.05, 4.69) is 10.3 Å². The number of methoxy groups -OCH3 is 1. The van der Waals surface area contributed by atoms with Gasteiger partial charge in [-0.15, -0.1) is 11.3 Å². The van der Waals surface area contributed by atoms with Crippen LogP contribution >= 0.6 is 11.3 Å². The maximum absolute atomic E-state index is 13.7. The van der Waals surface area contributed by atoms with Crippen molar-refractivity contribution in [3.8, 4) is 5.75 Å². The second-order valence-electron chi connectivity index (χ2n) is 6.25. The Labute approximate surface area is 171 Å². The number of ether oxygens (including phenoxy) is 2. The second kappa shape index (κ2) is 9.29. The molecule has 3 rings (SSSR count). The van der Waals surface area contributed by atoms with Crippen molar-refractivity contribution >= 4 is 28.9 Å². The highest BCUT2D eigenvalue weighted by Gasteiger charge is 2.13. The maximum atomic E-state index is 13.7. The topological polar surface area (TPSA) is 77.5 Å². The molecule has 0 saturated heterocycles. The van der Waals surface area contributed by atoms with E-state index in [4.69, 9.17) is 9.47 Å². The molecule has 3 aromatic rings. The van der Waals surface area contributed by atoms with E-state index in [0.29, 0.717) is 10.7 Å². The number of thiazole rings is 1. The van der Waals surface area contributed by atoms with E-state index in [1.54, 1.807) is 5.38 Å². The lowest BCUT2D eigenvalue weighted by molar-refractivity contribution is -0.115. The first-order chi connectivity index (χ1) is 13.9. The third kappa shape index (κ3) is 5.61. The van der Waals surface area contributed by atoms with Gasteiger partial charge in [0.2, 0.25) is 5.91 Å². The summed E-state index contributed by atoms with van der Waals surface area (Å²) < 4.78 is 23.7. The Morgan fingerprint density at radius 3 is 2.62 bits per heavy atom. The summed E-state index contributed by atoms with van der Waals surface area (Å²) in [6.45, 7) is 1.91.